The van der Waals surface area contributed by atoms with Gasteiger partial charge in [0.1, 0.15) is 0 Å². The van der Waals surface area contributed by atoms with Gasteiger partial charge in [0.15, 0.2) is 0 Å². The zero-order valence-electron chi connectivity index (χ0n) is 9.31. The number of carbonyl (C=O) groups is 2. The van der Waals surface area contributed by atoms with Gasteiger partial charge in [0.05, 0.1) is 18.7 Å². The molecule has 0 amide bonds. The summed E-state index contributed by atoms with van der Waals surface area (Å²) in [6.45, 7) is 0.395. The molecule has 0 saturated heterocycles. The molecule has 0 aliphatic carbocycles. The molecule has 0 bridgehead atoms. The second kappa shape index (κ2) is 6.70. The molecular weight excluding hydrogens is 253 g/mol. The SMILES string of the molecule is CC(CCN(CC(=O)O)CC(=O)O)P(=O)(O)O. The van der Waals surface area contributed by atoms with E-state index in [2.05, 4.69) is 0 Å². The fourth-order valence-corrected chi connectivity index (χ4v) is 1.59. The van der Waals surface area contributed by atoms with E-state index in [0.29, 0.717) is 0 Å². The first-order chi connectivity index (χ1) is 7.62. The molecule has 0 aromatic rings. The molecule has 8 nitrogen and oxygen atoms in total. The molecule has 9 heteroatoms. The van der Waals surface area contributed by atoms with Crippen LogP contribution in [0.3, 0.4) is 0 Å². The Labute approximate surface area is 98.0 Å². The minimum atomic E-state index is -4.20. The highest BCUT2D eigenvalue weighted by Crippen LogP contribution is 2.42. The van der Waals surface area contributed by atoms with Crippen LogP contribution in [-0.4, -0.2) is 62.1 Å². The van der Waals surface area contributed by atoms with Crippen LogP contribution in [0, 0.1) is 0 Å². The summed E-state index contributed by atoms with van der Waals surface area (Å²) >= 11 is 0. The lowest BCUT2D eigenvalue weighted by molar-refractivity contribution is -0.141. The lowest BCUT2D eigenvalue weighted by Gasteiger charge is -2.20. The van der Waals surface area contributed by atoms with Crippen molar-refractivity contribution in [2.75, 3.05) is 19.6 Å². The number of hydrogen-bond acceptors (Lipinski definition) is 4. The normalized spacial score (nSPS) is 13.6. The summed E-state index contributed by atoms with van der Waals surface area (Å²) in [5.74, 6) is -2.37. The molecule has 0 aliphatic rings. The van der Waals surface area contributed by atoms with Crippen LogP contribution in [0.4, 0.5) is 0 Å². The van der Waals surface area contributed by atoms with Crippen molar-refractivity contribution >= 4 is 19.5 Å². The first-order valence-corrected chi connectivity index (χ1v) is 6.52. The van der Waals surface area contributed by atoms with E-state index in [1.54, 1.807) is 0 Å². The van der Waals surface area contributed by atoms with Gasteiger partial charge in [0.25, 0.3) is 0 Å². The van der Waals surface area contributed by atoms with Gasteiger partial charge in [-0.3, -0.25) is 19.1 Å². The minimum Gasteiger partial charge on any atom is -0.480 e. The Morgan fingerprint density at radius 2 is 1.59 bits per heavy atom. The maximum atomic E-state index is 10.8. The molecule has 0 spiro atoms. The van der Waals surface area contributed by atoms with Gasteiger partial charge in [0.2, 0.25) is 0 Å². The predicted molar refractivity (Wildman–Crippen MR) is 57.8 cm³/mol. The van der Waals surface area contributed by atoms with Crippen LogP contribution in [-0.2, 0) is 14.2 Å². The predicted octanol–water partition coefficient (Wildman–Crippen LogP) is -0.586. The Morgan fingerprint density at radius 3 is 1.88 bits per heavy atom. The Hall–Kier alpha value is -0.950. The van der Waals surface area contributed by atoms with E-state index in [0.717, 1.165) is 4.90 Å². The molecule has 0 heterocycles. The van der Waals surface area contributed by atoms with Gasteiger partial charge in [-0.1, -0.05) is 6.92 Å². The third-order valence-corrected chi connectivity index (χ3v) is 3.56. The lowest BCUT2D eigenvalue weighted by atomic mass is 10.3. The van der Waals surface area contributed by atoms with Crippen molar-refractivity contribution in [1.82, 2.24) is 4.90 Å². The van der Waals surface area contributed by atoms with Crippen molar-refractivity contribution in [1.29, 1.82) is 0 Å². The third kappa shape index (κ3) is 7.87. The van der Waals surface area contributed by atoms with Crippen molar-refractivity contribution in [2.24, 2.45) is 0 Å². The van der Waals surface area contributed by atoms with Gasteiger partial charge in [-0.05, 0) is 6.42 Å². The van der Waals surface area contributed by atoms with Gasteiger partial charge in [-0.15, -0.1) is 0 Å². The summed E-state index contributed by atoms with van der Waals surface area (Å²) in [6, 6.07) is 0. The molecule has 0 radical (unpaired) electrons. The average molecular weight is 269 g/mol. The van der Waals surface area contributed by atoms with E-state index in [9.17, 15) is 14.2 Å². The van der Waals surface area contributed by atoms with Gasteiger partial charge < -0.3 is 20.0 Å². The summed E-state index contributed by atoms with van der Waals surface area (Å²) in [5.41, 5.74) is -0.924. The van der Waals surface area contributed by atoms with Crippen molar-refractivity contribution in [3.05, 3.63) is 0 Å². The molecule has 0 aliphatic heterocycles. The van der Waals surface area contributed by atoms with E-state index in [1.165, 1.54) is 6.92 Å². The van der Waals surface area contributed by atoms with Crippen LogP contribution in [0.25, 0.3) is 0 Å². The molecule has 0 aromatic carbocycles. The fraction of sp³-hybridized carbons (Fsp3) is 0.750. The third-order valence-electron chi connectivity index (χ3n) is 2.16. The minimum absolute atomic E-state index is 0.00484. The Kier molecular flexibility index (Phi) is 6.33. The molecule has 0 saturated carbocycles. The van der Waals surface area contributed by atoms with E-state index in [4.69, 9.17) is 20.0 Å². The number of carboxylic acid groups (broad SMARTS) is 2. The zero-order chi connectivity index (χ0) is 13.6. The van der Waals surface area contributed by atoms with Crippen molar-refractivity contribution in [2.45, 2.75) is 19.0 Å². The Bertz CT molecular complexity index is 310. The van der Waals surface area contributed by atoms with E-state index >= 15 is 0 Å². The number of aliphatic carboxylic acids is 2. The van der Waals surface area contributed by atoms with Crippen molar-refractivity contribution < 1.29 is 34.2 Å². The molecule has 1 unspecified atom stereocenters. The number of hydrogen-bond donors (Lipinski definition) is 4. The Morgan fingerprint density at radius 1 is 1.18 bits per heavy atom. The summed E-state index contributed by atoms with van der Waals surface area (Å²) in [4.78, 5) is 39.6. The largest absolute Gasteiger partial charge is 0.480 e. The van der Waals surface area contributed by atoms with E-state index < -0.39 is 38.3 Å². The highest BCUT2D eigenvalue weighted by Gasteiger charge is 2.25. The second-order valence-electron chi connectivity index (χ2n) is 3.72. The molecule has 1 atom stereocenters. The van der Waals surface area contributed by atoms with Crippen LogP contribution in [0.1, 0.15) is 13.3 Å². The summed E-state index contributed by atoms with van der Waals surface area (Å²) in [6.07, 6.45) is 0.0326. The Balaban J connectivity index is 4.29. The molecule has 4 N–H and O–H groups in total. The quantitative estimate of drug-likeness (QED) is 0.429. The molecule has 17 heavy (non-hydrogen) atoms. The van der Waals surface area contributed by atoms with Crippen LogP contribution in [0.2, 0.25) is 0 Å². The highest BCUT2D eigenvalue weighted by atomic mass is 31.2. The zero-order valence-corrected chi connectivity index (χ0v) is 10.2. The highest BCUT2D eigenvalue weighted by molar-refractivity contribution is 7.52. The molecular formula is C8H16NO7P. The number of nitrogens with zero attached hydrogens (tertiary/aromatic N) is 1. The maximum Gasteiger partial charge on any atom is 0.328 e. The van der Waals surface area contributed by atoms with Gasteiger partial charge in [0, 0.05) is 6.54 Å². The first-order valence-electron chi connectivity index (χ1n) is 4.84. The fourth-order valence-electron chi connectivity index (χ4n) is 1.13. The van der Waals surface area contributed by atoms with Crippen LogP contribution >= 0.6 is 7.60 Å². The first kappa shape index (κ1) is 16.1. The summed E-state index contributed by atoms with van der Waals surface area (Å²) < 4.78 is 10.8. The van der Waals surface area contributed by atoms with Crippen LogP contribution < -0.4 is 0 Å². The number of rotatable bonds is 8. The topological polar surface area (TPSA) is 135 Å². The summed E-state index contributed by atoms with van der Waals surface area (Å²) in [7, 11) is -4.20. The van der Waals surface area contributed by atoms with Crippen molar-refractivity contribution in [3.8, 4) is 0 Å². The van der Waals surface area contributed by atoms with E-state index in [1.807, 2.05) is 0 Å². The smallest absolute Gasteiger partial charge is 0.328 e. The monoisotopic (exact) mass is 269 g/mol. The lowest BCUT2D eigenvalue weighted by Crippen LogP contribution is -2.36. The molecule has 0 aromatic heterocycles. The van der Waals surface area contributed by atoms with Crippen LogP contribution in [0.5, 0.6) is 0 Å². The van der Waals surface area contributed by atoms with Gasteiger partial charge in [-0.2, -0.15) is 0 Å². The summed E-state index contributed by atoms with van der Waals surface area (Å²) in [5, 5.41) is 17.1. The number of carboxylic acids is 2. The van der Waals surface area contributed by atoms with Crippen molar-refractivity contribution in [3.63, 3.8) is 0 Å². The van der Waals surface area contributed by atoms with E-state index in [-0.39, 0.29) is 13.0 Å². The molecule has 0 rings (SSSR count). The van der Waals surface area contributed by atoms with Gasteiger partial charge >= 0.3 is 19.5 Å². The standard InChI is InChI=1S/C8H16NO7P/c1-6(17(14,15)16)2-3-9(4-7(10)11)5-8(12)13/h6H,2-5H2,1H3,(H,10,11)(H,12,13)(H2,14,15,16). The molecule has 100 valence electrons. The second-order valence-corrected chi connectivity index (χ2v) is 5.78. The maximum absolute atomic E-state index is 10.8. The average Bonchev–Trinajstić information content (AvgIpc) is 2.10. The molecule has 0 fully saturated rings. The van der Waals surface area contributed by atoms with Crippen LogP contribution in [0.15, 0.2) is 0 Å². The van der Waals surface area contributed by atoms with Gasteiger partial charge in [-0.25, -0.2) is 0 Å².